The van der Waals surface area contributed by atoms with E-state index in [-0.39, 0.29) is 24.4 Å². The third-order valence-corrected chi connectivity index (χ3v) is 4.50. The van der Waals surface area contributed by atoms with Gasteiger partial charge in [-0.3, -0.25) is 0 Å². The van der Waals surface area contributed by atoms with Gasteiger partial charge in [0.1, 0.15) is 12.2 Å². The minimum absolute atomic E-state index is 0.00416. The molecule has 3 rings (SSSR count). The Bertz CT molecular complexity index is 813. The highest BCUT2D eigenvalue weighted by Gasteiger charge is 2.39. The number of rotatable bonds is 5. The van der Waals surface area contributed by atoms with Crippen LogP contribution in [-0.4, -0.2) is 35.8 Å². The van der Waals surface area contributed by atoms with Gasteiger partial charge in [0, 0.05) is 42.9 Å². The van der Waals surface area contributed by atoms with E-state index in [1.807, 2.05) is 6.92 Å². The second-order valence-electron chi connectivity index (χ2n) is 6.74. The van der Waals surface area contributed by atoms with E-state index in [0.29, 0.717) is 29.8 Å². The smallest absolute Gasteiger partial charge is 0.334 e. The number of anilines is 1. The van der Waals surface area contributed by atoms with Gasteiger partial charge in [-0.05, 0) is 25.5 Å². The minimum atomic E-state index is -1.02. The zero-order valence-corrected chi connectivity index (χ0v) is 14.7. The quantitative estimate of drug-likeness (QED) is 0.642. The maximum absolute atomic E-state index is 14.5. The number of halogens is 1. The van der Waals surface area contributed by atoms with Crippen molar-refractivity contribution in [3.8, 4) is 5.75 Å². The molecule has 1 aromatic carbocycles. The van der Waals surface area contributed by atoms with E-state index in [4.69, 9.17) is 9.47 Å². The van der Waals surface area contributed by atoms with Crippen molar-refractivity contribution >= 4 is 17.6 Å². The Morgan fingerprint density at radius 1 is 1.50 bits per heavy atom. The molecule has 1 N–H and O–H groups in total. The number of hydrogen-bond acceptors (Lipinski definition) is 5. The zero-order chi connectivity index (χ0) is 19.1. The topological polar surface area (TPSA) is 76.1 Å². The van der Waals surface area contributed by atoms with Gasteiger partial charge in [0.05, 0.1) is 5.57 Å². The summed E-state index contributed by atoms with van der Waals surface area (Å²) in [7, 11) is 0. The number of hydrogen-bond donors (Lipinski definition) is 1. The maximum atomic E-state index is 14.5. The van der Waals surface area contributed by atoms with E-state index in [9.17, 15) is 19.1 Å². The first-order valence-electron chi connectivity index (χ1n) is 8.29. The van der Waals surface area contributed by atoms with Crippen LogP contribution >= 0.6 is 0 Å². The number of benzene rings is 1. The number of carbonyl (C=O) groups excluding carboxylic acids is 1. The van der Waals surface area contributed by atoms with Gasteiger partial charge in [0.2, 0.25) is 0 Å². The van der Waals surface area contributed by atoms with Crippen molar-refractivity contribution in [2.45, 2.75) is 32.3 Å². The van der Waals surface area contributed by atoms with E-state index < -0.39 is 23.4 Å². The summed E-state index contributed by atoms with van der Waals surface area (Å²) in [6, 6.07) is 2.85. The maximum Gasteiger partial charge on any atom is 0.334 e. The molecule has 26 heavy (non-hydrogen) atoms. The molecule has 1 atom stereocenters. The third-order valence-electron chi connectivity index (χ3n) is 4.50. The van der Waals surface area contributed by atoms with Gasteiger partial charge in [-0.15, -0.1) is 0 Å². The molecular weight excluding hydrogens is 341 g/mol. The SMILES string of the molecule is C=C1CC(C)(COc2cc3c(cc2F)CC(C(=O)O)=CN3CC)OC1=O. The van der Waals surface area contributed by atoms with Gasteiger partial charge >= 0.3 is 11.9 Å². The number of esters is 1. The molecule has 1 saturated heterocycles. The average Bonchev–Trinajstić information content (AvgIpc) is 2.84. The highest BCUT2D eigenvalue weighted by molar-refractivity contribution is 5.90. The van der Waals surface area contributed by atoms with E-state index in [2.05, 4.69) is 6.58 Å². The lowest BCUT2D eigenvalue weighted by Gasteiger charge is -2.28. The number of fused-ring (bicyclic) bond motifs is 1. The molecule has 0 saturated carbocycles. The largest absolute Gasteiger partial charge is 0.486 e. The van der Waals surface area contributed by atoms with Gasteiger partial charge < -0.3 is 19.5 Å². The summed E-state index contributed by atoms with van der Waals surface area (Å²) in [5, 5.41) is 9.22. The summed E-state index contributed by atoms with van der Waals surface area (Å²) < 4.78 is 25.3. The van der Waals surface area contributed by atoms with Gasteiger partial charge in [-0.2, -0.15) is 0 Å². The van der Waals surface area contributed by atoms with E-state index in [0.717, 1.165) is 0 Å². The molecule has 2 aliphatic heterocycles. The lowest BCUT2D eigenvalue weighted by Crippen LogP contribution is -2.32. The molecule has 1 aromatic rings. The number of carboxylic acid groups (broad SMARTS) is 1. The fourth-order valence-corrected chi connectivity index (χ4v) is 3.17. The van der Waals surface area contributed by atoms with Crippen LogP contribution < -0.4 is 9.64 Å². The van der Waals surface area contributed by atoms with E-state index in [1.54, 1.807) is 24.1 Å². The Balaban J connectivity index is 1.83. The van der Waals surface area contributed by atoms with Crippen LogP contribution in [0.25, 0.3) is 0 Å². The Morgan fingerprint density at radius 3 is 2.81 bits per heavy atom. The number of carboxylic acids is 1. The highest BCUT2D eigenvalue weighted by Crippen LogP contribution is 2.36. The number of aliphatic carboxylic acids is 1. The fraction of sp³-hybridized carbons (Fsp3) is 0.368. The van der Waals surface area contributed by atoms with Crippen LogP contribution in [0, 0.1) is 5.82 Å². The van der Waals surface area contributed by atoms with Gasteiger partial charge in [0.15, 0.2) is 11.6 Å². The molecule has 7 heteroatoms. The van der Waals surface area contributed by atoms with Crippen molar-refractivity contribution in [2.24, 2.45) is 0 Å². The van der Waals surface area contributed by atoms with Crippen LogP contribution in [0.3, 0.4) is 0 Å². The Labute approximate surface area is 150 Å². The van der Waals surface area contributed by atoms with E-state index in [1.165, 1.54) is 6.07 Å². The Kier molecular flexibility index (Phi) is 4.48. The van der Waals surface area contributed by atoms with Crippen LogP contribution in [0.15, 0.2) is 36.1 Å². The first-order valence-corrected chi connectivity index (χ1v) is 8.29. The summed E-state index contributed by atoms with van der Waals surface area (Å²) in [5.41, 5.74) is 0.981. The van der Waals surface area contributed by atoms with Crippen LogP contribution in [0.4, 0.5) is 10.1 Å². The lowest BCUT2D eigenvalue weighted by molar-refractivity contribution is -0.147. The van der Waals surface area contributed by atoms with Gasteiger partial charge in [-0.25, -0.2) is 14.0 Å². The van der Waals surface area contributed by atoms with Crippen molar-refractivity contribution in [3.05, 3.63) is 47.4 Å². The first-order chi connectivity index (χ1) is 12.2. The summed E-state index contributed by atoms with van der Waals surface area (Å²) in [4.78, 5) is 24.5. The molecule has 0 spiro atoms. The van der Waals surface area contributed by atoms with Crippen LogP contribution in [0.1, 0.15) is 25.8 Å². The molecule has 0 radical (unpaired) electrons. The zero-order valence-electron chi connectivity index (χ0n) is 14.7. The van der Waals surface area contributed by atoms with Crippen molar-refractivity contribution in [3.63, 3.8) is 0 Å². The van der Waals surface area contributed by atoms with Crippen molar-refractivity contribution in [1.29, 1.82) is 0 Å². The van der Waals surface area contributed by atoms with Gasteiger partial charge in [0.25, 0.3) is 0 Å². The Morgan fingerprint density at radius 2 is 2.23 bits per heavy atom. The minimum Gasteiger partial charge on any atom is -0.486 e. The summed E-state index contributed by atoms with van der Waals surface area (Å²) in [6.07, 6.45) is 2.02. The summed E-state index contributed by atoms with van der Waals surface area (Å²) in [5.74, 6) is -2.04. The van der Waals surface area contributed by atoms with Crippen LogP contribution in [0.2, 0.25) is 0 Å². The van der Waals surface area contributed by atoms with Crippen molar-refractivity contribution in [2.75, 3.05) is 18.1 Å². The van der Waals surface area contributed by atoms with Crippen LogP contribution in [-0.2, 0) is 20.7 Å². The normalized spacial score (nSPS) is 22.0. The summed E-state index contributed by atoms with van der Waals surface area (Å²) in [6.45, 7) is 7.75. The molecule has 2 aliphatic rings. The monoisotopic (exact) mass is 361 g/mol. The predicted molar refractivity (Wildman–Crippen MR) is 92.6 cm³/mol. The molecule has 1 unspecified atom stereocenters. The summed E-state index contributed by atoms with van der Waals surface area (Å²) >= 11 is 0. The molecule has 0 aromatic heterocycles. The molecule has 0 aliphatic carbocycles. The molecule has 6 nitrogen and oxygen atoms in total. The van der Waals surface area contributed by atoms with Crippen LogP contribution in [0.5, 0.6) is 5.75 Å². The fourth-order valence-electron chi connectivity index (χ4n) is 3.17. The first kappa shape index (κ1) is 18.0. The molecule has 1 fully saturated rings. The van der Waals surface area contributed by atoms with Crippen molar-refractivity contribution < 1.29 is 28.6 Å². The number of nitrogens with zero attached hydrogens (tertiary/aromatic N) is 1. The van der Waals surface area contributed by atoms with Gasteiger partial charge in [-0.1, -0.05) is 6.58 Å². The predicted octanol–water partition coefficient (Wildman–Crippen LogP) is 2.82. The lowest BCUT2D eigenvalue weighted by atomic mass is 9.99. The number of cyclic esters (lactones) is 1. The molecule has 2 heterocycles. The Hall–Kier alpha value is -2.83. The van der Waals surface area contributed by atoms with E-state index >= 15 is 0 Å². The molecule has 0 bridgehead atoms. The van der Waals surface area contributed by atoms with Crippen molar-refractivity contribution in [1.82, 2.24) is 0 Å². The third kappa shape index (κ3) is 3.29. The average molecular weight is 361 g/mol. The molecule has 138 valence electrons. The molecular formula is C19H20FNO5. The second-order valence-corrected chi connectivity index (χ2v) is 6.74. The standard InChI is InChI=1S/C19H20FNO5/c1-4-21-9-13(17(22)23)5-12-6-14(20)16(7-15(12)21)25-10-19(3)8-11(2)18(24)26-19/h6-7,9H,2,4-5,8,10H2,1,3H3,(H,22,23). The number of carbonyl (C=O) groups is 2. The number of ether oxygens (including phenoxy) is 2. The molecule has 0 amide bonds. The second kappa shape index (κ2) is 6.48. The highest BCUT2D eigenvalue weighted by atomic mass is 19.1.